The molecule has 0 atom stereocenters. The van der Waals surface area contributed by atoms with Gasteiger partial charge in [-0.2, -0.15) is 0 Å². The van der Waals surface area contributed by atoms with Crippen molar-refractivity contribution in [2.24, 2.45) is 0 Å². The monoisotopic (exact) mass is 322 g/mol. The highest BCUT2D eigenvalue weighted by Gasteiger charge is 2.13. The summed E-state index contributed by atoms with van der Waals surface area (Å²) in [5.41, 5.74) is 2.37. The number of hydrogen-bond donors (Lipinski definition) is 2. The van der Waals surface area contributed by atoms with Crippen LogP contribution < -0.4 is 0 Å². The molecule has 2 heterocycles. The molecule has 90 valence electrons. The van der Waals surface area contributed by atoms with Crippen LogP contribution in [0.25, 0.3) is 22.4 Å². The van der Waals surface area contributed by atoms with Gasteiger partial charge >= 0.3 is 5.97 Å². The minimum atomic E-state index is -0.967. The van der Waals surface area contributed by atoms with Crippen molar-refractivity contribution in [1.82, 2.24) is 9.97 Å². The minimum absolute atomic E-state index is 0.212. The number of carbonyl (C=O) groups is 1. The fourth-order valence-electron chi connectivity index (χ4n) is 1.78. The molecule has 0 saturated heterocycles. The molecule has 0 amide bonds. The maximum atomic E-state index is 11.1. The van der Waals surface area contributed by atoms with Crippen LogP contribution in [0.1, 0.15) is 10.4 Å². The van der Waals surface area contributed by atoms with E-state index in [1.807, 2.05) is 17.5 Å². The van der Waals surface area contributed by atoms with Gasteiger partial charge in [0.1, 0.15) is 11.3 Å². The summed E-state index contributed by atoms with van der Waals surface area (Å²) in [5, 5.41) is 11.1. The molecule has 1 aromatic carbocycles. The molecule has 2 N–H and O–H groups in total. The Labute approximate surface area is 114 Å². The minimum Gasteiger partial charge on any atom is -0.478 e. The van der Waals surface area contributed by atoms with Gasteiger partial charge in [0.25, 0.3) is 0 Å². The van der Waals surface area contributed by atoms with Crippen LogP contribution in [0.15, 0.2) is 33.4 Å². The SMILES string of the molecule is O=C(O)c1cccc2[nH]c(-c3csc(Br)c3)nc12. The van der Waals surface area contributed by atoms with E-state index >= 15 is 0 Å². The summed E-state index contributed by atoms with van der Waals surface area (Å²) in [6.07, 6.45) is 0. The third-order valence-electron chi connectivity index (χ3n) is 2.58. The smallest absolute Gasteiger partial charge is 0.337 e. The number of nitrogens with zero attached hydrogens (tertiary/aromatic N) is 1. The Morgan fingerprint density at radius 1 is 1.44 bits per heavy atom. The predicted octanol–water partition coefficient (Wildman–Crippen LogP) is 3.75. The van der Waals surface area contributed by atoms with Crippen LogP contribution in [0.5, 0.6) is 0 Å². The molecule has 4 nitrogen and oxygen atoms in total. The van der Waals surface area contributed by atoms with Gasteiger partial charge in [-0.3, -0.25) is 0 Å². The Morgan fingerprint density at radius 2 is 2.28 bits per heavy atom. The second-order valence-corrected chi connectivity index (χ2v) is 6.02. The van der Waals surface area contributed by atoms with Crippen molar-refractivity contribution in [3.63, 3.8) is 0 Å². The second-order valence-electron chi connectivity index (χ2n) is 3.73. The molecule has 0 aliphatic heterocycles. The third kappa shape index (κ3) is 1.83. The Morgan fingerprint density at radius 3 is 2.94 bits per heavy atom. The third-order valence-corrected chi connectivity index (χ3v) is 4.09. The molecule has 3 aromatic rings. The van der Waals surface area contributed by atoms with Crippen molar-refractivity contribution in [3.05, 3.63) is 39.0 Å². The van der Waals surface area contributed by atoms with Crippen molar-refractivity contribution in [2.75, 3.05) is 0 Å². The average molecular weight is 323 g/mol. The number of para-hydroxylation sites is 1. The lowest BCUT2D eigenvalue weighted by Crippen LogP contribution is -1.96. The van der Waals surface area contributed by atoms with Gasteiger partial charge in [0, 0.05) is 10.9 Å². The molecule has 0 bridgehead atoms. The molecule has 18 heavy (non-hydrogen) atoms. The highest BCUT2D eigenvalue weighted by Crippen LogP contribution is 2.29. The first-order valence-corrected chi connectivity index (χ1v) is 6.79. The fourth-order valence-corrected chi connectivity index (χ4v) is 2.92. The van der Waals surface area contributed by atoms with E-state index in [2.05, 4.69) is 25.9 Å². The van der Waals surface area contributed by atoms with Gasteiger partial charge in [-0.25, -0.2) is 9.78 Å². The average Bonchev–Trinajstić information content (AvgIpc) is 2.93. The lowest BCUT2D eigenvalue weighted by Gasteiger charge is -1.93. The number of thiophene rings is 1. The van der Waals surface area contributed by atoms with Crippen LogP contribution in [0, 0.1) is 0 Å². The zero-order valence-electron chi connectivity index (χ0n) is 8.98. The molecule has 0 spiro atoms. The normalized spacial score (nSPS) is 10.9. The van der Waals surface area contributed by atoms with Crippen molar-refractivity contribution < 1.29 is 9.90 Å². The summed E-state index contributed by atoms with van der Waals surface area (Å²) >= 11 is 4.95. The molecule has 0 aliphatic rings. The van der Waals surface area contributed by atoms with Crippen molar-refractivity contribution >= 4 is 44.3 Å². The molecule has 0 radical (unpaired) electrons. The number of fused-ring (bicyclic) bond motifs is 1. The van der Waals surface area contributed by atoms with Crippen LogP contribution in [-0.2, 0) is 0 Å². The van der Waals surface area contributed by atoms with Gasteiger partial charge in [0.2, 0.25) is 0 Å². The van der Waals surface area contributed by atoms with Gasteiger partial charge in [-0.1, -0.05) is 6.07 Å². The van der Waals surface area contributed by atoms with E-state index in [1.54, 1.807) is 23.5 Å². The Kier molecular flexibility index (Phi) is 2.68. The standard InChI is InChI=1S/C12H7BrN2O2S/c13-9-4-6(5-18-9)11-14-8-3-1-2-7(12(16)17)10(8)15-11/h1-5H,(H,14,15)(H,16,17). The van der Waals surface area contributed by atoms with E-state index in [-0.39, 0.29) is 5.56 Å². The molecule has 0 aliphatic carbocycles. The van der Waals surface area contributed by atoms with Crippen LogP contribution >= 0.6 is 27.3 Å². The zero-order valence-corrected chi connectivity index (χ0v) is 11.4. The molecular formula is C12H7BrN2O2S. The molecular weight excluding hydrogens is 316 g/mol. The van der Waals surface area contributed by atoms with Crippen molar-refractivity contribution in [3.8, 4) is 11.4 Å². The molecule has 2 aromatic heterocycles. The van der Waals surface area contributed by atoms with Gasteiger partial charge < -0.3 is 10.1 Å². The van der Waals surface area contributed by atoms with Gasteiger partial charge in [0.15, 0.2) is 0 Å². The van der Waals surface area contributed by atoms with Crippen LogP contribution in [-0.4, -0.2) is 21.0 Å². The second kappa shape index (κ2) is 4.22. The number of hydrogen-bond acceptors (Lipinski definition) is 3. The number of aromatic carboxylic acids is 1. The number of aromatic amines is 1. The lowest BCUT2D eigenvalue weighted by atomic mass is 10.2. The number of halogens is 1. The number of imidazole rings is 1. The van der Waals surface area contributed by atoms with Gasteiger partial charge in [0.05, 0.1) is 14.9 Å². The lowest BCUT2D eigenvalue weighted by molar-refractivity contribution is 0.0699. The van der Waals surface area contributed by atoms with Gasteiger partial charge in [-0.15, -0.1) is 11.3 Å². The van der Waals surface area contributed by atoms with E-state index in [9.17, 15) is 4.79 Å². The van der Waals surface area contributed by atoms with E-state index in [0.717, 1.165) is 14.9 Å². The number of H-pyrrole nitrogens is 1. The Balaban J connectivity index is 2.22. The van der Waals surface area contributed by atoms with Crippen LogP contribution in [0.3, 0.4) is 0 Å². The Hall–Kier alpha value is -1.66. The molecule has 0 fully saturated rings. The molecule has 3 rings (SSSR count). The van der Waals surface area contributed by atoms with E-state index in [1.165, 1.54) is 0 Å². The van der Waals surface area contributed by atoms with E-state index < -0.39 is 5.97 Å². The van der Waals surface area contributed by atoms with Crippen molar-refractivity contribution in [2.45, 2.75) is 0 Å². The molecule has 0 unspecified atom stereocenters. The number of rotatable bonds is 2. The maximum Gasteiger partial charge on any atom is 0.337 e. The maximum absolute atomic E-state index is 11.1. The van der Waals surface area contributed by atoms with E-state index in [4.69, 9.17) is 5.11 Å². The largest absolute Gasteiger partial charge is 0.478 e. The summed E-state index contributed by atoms with van der Waals surface area (Å²) in [7, 11) is 0. The number of carboxylic acids is 1. The number of nitrogens with one attached hydrogen (secondary N) is 1. The summed E-state index contributed by atoms with van der Waals surface area (Å²) < 4.78 is 1.01. The number of aromatic nitrogens is 2. The van der Waals surface area contributed by atoms with Crippen molar-refractivity contribution in [1.29, 1.82) is 0 Å². The number of carboxylic acid groups (broad SMARTS) is 1. The van der Waals surface area contributed by atoms with E-state index in [0.29, 0.717) is 11.3 Å². The quantitative estimate of drug-likeness (QED) is 0.755. The predicted molar refractivity (Wildman–Crippen MR) is 74.1 cm³/mol. The highest BCUT2D eigenvalue weighted by atomic mass is 79.9. The first-order chi connectivity index (χ1) is 8.65. The van der Waals surface area contributed by atoms with Gasteiger partial charge in [-0.05, 0) is 34.1 Å². The van der Waals surface area contributed by atoms with Crippen LogP contribution in [0.4, 0.5) is 0 Å². The zero-order chi connectivity index (χ0) is 12.7. The Bertz CT molecular complexity index is 747. The molecule has 0 saturated carbocycles. The highest BCUT2D eigenvalue weighted by molar-refractivity contribution is 9.11. The molecule has 6 heteroatoms. The first kappa shape index (κ1) is 11.4. The fraction of sp³-hybridized carbons (Fsp3) is 0. The summed E-state index contributed by atoms with van der Waals surface area (Å²) in [6, 6.07) is 7.03. The first-order valence-electron chi connectivity index (χ1n) is 5.11. The summed E-state index contributed by atoms with van der Waals surface area (Å²) in [4.78, 5) is 18.6. The van der Waals surface area contributed by atoms with Crippen LogP contribution in [0.2, 0.25) is 0 Å². The number of benzene rings is 1. The summed E-state index contributed by atoms with van der Waals surface area (Å²) in [5.74, 6) is -0.286. The summed E-state index contributed by atoms with van der Waals surface area (Å²) in [6.45, 7) is 0. The topological polar surface area (TPSA) is 66.0 Å².